The highest BCUT2D eigenvalue weighted by Crippen LogP contribution is 2.38. The first-order valence-electron chi connectivity index (χ1n) is 10.4. The first-order chi connectivity index (χ1) is 15.0. The summed E-state index contributed by atoms with van der Waals surface area (Å²) in [5, 5.41) is 6.82. The number of nitrogens with one attached hydrogen (secondary N) is 1. The predicted molar refractivity (Wildman–Crippen MR) is 110 cm³/mol. The topological polar surface area (TPSA) is 80.9 Å². The van der Waals surface area contributed by atoms with Crippen molar-refractivity contribution in [2.75, 3.05) is 6.54 Å². The van der Waals surface area contributed by atoms with E-state index in [0.29, 0.717) is 18.2 Å². The molecule has 0 aliphatic heterocycles. The van der Waals surface area contributed by atoms with Crippen LogP contribution in [0.5, 0.6) is 0 Å². The van der Waals surface area contributed by atoms with Gasteiger partial charge in [-0.15, -0.1) is 0 Å². The Morgan fingerprint density at radius 2 is 2.00 bits per heavy atom. The van der Waals surface area contributed by atoms with Gasteiger partial charge in [0.25, 0.3) is 0 Å². The molecule has 1 aliphatic carbocycles. The zero-order chi connectivity index (χ0) is 21.8. The van der Waals surface area contributed by atoms with E-state index >= 15 is 0 Å². The second-order valence-electron chi connectivity index (χ2n) is 8.09. The molecule has 1 amide bonds. The summed E-state index contributed by atoms with van der Waals surface area (Å²) < 4.78 is 32.4. The molecule has 0 saturated heterocycles. The number of halogens is 2. The Morgan fingerprint density at radius 3 is 2.74 bits per heavy atom. The van der Waals surface area contributed by atoms with Gasteiger partial charge in [0.1, 0.15) is 18.0 Å². The van der Waals surface area contributed by atoms with Crippen molar-refractivity contribution >= 4 is 5.91 Å². The molecule has 0 atom stereocenters. The van der Waals surface area contributed by atoms with Crippen molar-refractivity contribution in [2.24, 2.45) is 5.92 Å². The molecule has 1 fully saturated rings. The summed E-state index contributed by atoms with van der Waals surface area (Å²) in [5.74, 6) is -0.114. The van der Waals surface area contributed by atoms with E-state index in [1.807, 2.05) is 13.0 Å². The largest absolute Gasteiger partial charge is 0.356 e. The fraction of sp³-hybridized carbons (Fsp3) is 0.391. The van der Waals surface area contributed by atoms with E-state index in [1.54, 1.807) is 12.5 Å². The van der Waals surface area contributed by atoms with E-state index in [4.69, 9.17) is 4.52 Å². The predicted octanol–water partition coefficient (Wildman–Crippen LogP) is 4.35. The van der Waals surface area contributed by atoms with Crippen molar-refractivity contribution < 1.29 is 18.1 Å². The summed E-state index contributed by atoms with van der Waals surface area (Å²) >= 11 is 0. The third-order valence-electron chi connectivity index (χ3n) is 5.82. The van der Waals surface area contributed by atoms with Gasteiger partial charge in [-0.1, -0.05) is 5.16 Å². The van der Waals surface area contributed by atoms with Gasteiger partial charge in [-0.3, -0.25) is 4.79 Å². The monoisotopic (exact) mass is 426 g/mol. The highest BCUT2D eigenvalue weighted by Gasteiger charge is 2.26. The summed E-state index contributed by atoms with van der Waals surface area (Å²) in [5.41, 5.74) is 2.72. The first kappa shape index (κ1) is 21.1. The number of benzene rings is 1. The minimum Gasteiger partial charge on any atom is -0.356 e. The van der Waals surface area contributed by atoms with E-state index in [-0.39, 0.29) is 23.8 Å². The first-order valence-corrected chi connectivity index (χ1v) is 10.4. The number of carbonyl (C=O) groups is 1. The number of nitrogens with zero attached hydrogens (tertiary/aromatic N) is 3. The Bertz CT molecular complexity index is 1060. The average Bonchev–Trinajstić information content (AvgIpc) is 3.21. The van der Waals surface area contributed by atoms with Crippen molar-refractivity contribution in [3.63, 3.8) is 0 Å². The minimum atomic E-state index is -0.570. The third-order valence-corrected chi connectivity index (χ3v) is 5.82. The molecule has 2 aromatic heterocycles. The highest BCUT2D eigenvalue weighted by atomic mass is 19.1. The van der Waals surface area contributed by atoms with Gasteiger partial charge in [0.2, 0.25) is 5.91 Å². The van der Waals surface area contributed by atoms with Crippen LogP contribution in [0.15, 0.2) is 41.3 Å². The fourth-order valence-corrected chi connectivity index (χ4v) is 4.16. The molecule has 1 aliphatic rings. The summed E-state index contributed by atoms with van der Waals surface area (Å²) in [6.07, 6.45) is 6.92. The molecule has 4 rings (SSSR count). The molecule has 6 nitrogen and oxygen atoms in total. The molecule has 0 spiro atoms. The van der Waals surface area contributed by atoms with Crippen LogP contribution >= 0.6 is 0 Å². The molecular weight excluding hydrogens is 402 g/mol. The number of rotatable bonds is 6. The van der Waals surface area contributed by atoms with Gasteiger partial charge in [0.15, 0.2) is 5.76 Å². The molecule has 162 valence electrons. The quantitative estimate of drug-likeness (QED) is 0.634. The molecule has 8 heteroatoms. The third kappa shape index (κ3) is 5.13. The molecule has 1 N–H and O–H groups in total. The lowest BCUT2D eigenvalue weighted by atomic mass is 9.79. The molecule has 0 radical (unpaired) electrons. The minimum absolute atomic E-state index is 0.0696. The van der Waals surface area contributed by atoms with Gasteiger partial charge >= 0.3 is 0 Å². The fourth-order valence-electron chi connectivity index (χ4n) is 4.16. The van der Waals surface area contributed by atoms with Crippen LogP contribution in [0, 0.1) is 24.5 Å². The number of aryl methyl sites for hydroxylation is 1. The number of carbonyl (C=O) groups excluding carboxylic acids is 1. The average molecular weight is 426 g/mol. The van der Waals surface area contributed by atoms with E-state index in [9.17, 15) is 13.6 Å². The van der Waals surface area contributed by atoms with Crippen molar-refractivity contribution in [1.29, 1.82) is 0 Å². The maximum Gasteiger partial charge on any atom is 0.224 e. The second kappa shape index (κ2) is 9.32. The number of amides is 1. The van der Waals surface area contributed by atoms with Crippen LogP contribution in [-0.2, 0) is 11.2 Å². The highest BCUT2D eigenvalue weighted by molar-refractivity contribution is 5.78. The van der Waals surface area contributed by atoms with Gasteiger partial charge in [-0.2, -0.15) is 0 Å². The van der Waals surface area contributed by atoms with Crippen molar-refractivity contribution in [2.45, 2.75) is 44.9 Å². The van der Waals surface area contributed by atoms with E-state index < -0.39 is 11.6 Å². The van der Waals surface area contributed by atoms with Gasteiger partial charge in [0, 0.05) is 30.3 Å². The normalized spacial score (nSPS) is 18.7. The van der Waals surface area contributed by atoms with Crippen LogP contribution in [0.4, 0.5) is 8.78 Å². The summed E-state index contributed by atoms with van der Waals surface area (Å²) in [6, 6.07) is 5.03. The molecule has 2 heterocycles. The molecular formula is C23H24F2N4O2. The van der Waals surface area contributed by atoms with Crippen molar-refractivity contribution in [3.05, 3.63) is 65.4 Å². The van der Waals surface area contributed by atoms with Gasteiger partial charge in [-0.05, 0) is 56.7 Å². The maximum absolute atomic E-state index is 13.7. The lowest BCUT2D eigenvalue weighted by molar-refractivity contribution is -0.120. The zero-order valence-corrected chi connectivity index (χ0v) is 17.3. The number of hydrogen-bond donors (Lipinski definition) is 1. The van der Waals surface area contributed by atoms with Gasteiger partial charge in [0.05, 0.1) is 23.4 Å². The Kier molecular flexibility index (Phi) is 6.34. The molecule has 1 saturated carbocycles. The summed E-state index contributed by atoms with van der Waals surface area (Å²) in [7, 11) is 0. The van der Waals surface area contributed by atoms with Gasteiger partial charge < -0.3 is 9.84 Å². The van der Waals surface area contributed by atoms with E-state index in [1.165, 1.54) is 0 Å². The number of hydrogen-bond acceptors (Lipinski definition) is 5. The Hall–Kier alpha value is -3.16. The molecule has 0 unspecified atom stereocenters. The van der Waals surface area contributed by atoms with Crippen molar-refractivity contribution in [3.8, 4) is 11.3 Å². The Labute approximate surface area is 179 Å². The molecule has 0 bridgehead atoms. The Morgan fingerprint density at radius 1 is 1.19 bits per heavy atom. The molecule has 31 heavy (non-hydrogen) atoms. The number of aromatic nitrogens is 3. The SMILES string of the molecule is Cc1cc(-c2cncnc2C2CCC(CNC(=O)Cc3cc(F)ccc3F)CC2)on1. The summed E-state index contributed by atoms with van der Waals surface area (Å²) in [4.78, 5) is 20.8. The maximum atomic E-state index is 13.7. The van der Waals surface area contributed by atoms with Crippen LogP contribution in [-0.4, -0.2) is 27.6 Å². The van der Waals surface area contributed by atoms with E-state index in [0.717, 1.165) is 60.8 Å². The second-order valence-corrected chi connectivity index (χ2v) is 8.09. The van der Waals surface area contributed by atoms with Gasteiger partial charge in [-0.25, -0.2) is 18.7 Å². The van der Waals surface area contributed by atoms with Crippen molar-refractivity contribution in [1.82, 2.24) is 20.4 Å². The van der Waals surface area contributed by atoms with Crippen LogP contribution in [0.2, 0.25) is 0 Å². The van der Waals surface area contributed by atoms with Crippen LogP contribution in [0.3, 0.4) is 0 Å². The molecule has 3 aromatic rings. The summed E-state index contributed by atoms with van der Waals surface area (Å²) in [6.45, 7) is 2.40. The van der Waals surface area contributed by atoms with Crippen LogP contribution in [0.1, 0.15) is 48.6 Å². The lowest BCUT2D eigenvalue weighted by Gasteiger charge is -2.29. The van der Waals surface area contributed by atoms with E-state index in [2.05, 4.69) is 20.4 Å². The molecule has 1 aromatic carbocycles. The lowest BCUT2D eigenvalue weighted by Crippen LogP contribution is -2.32. The van der Waals surface area contributed by atoms with Crippen LogP contribution in [0.25, 0.3) is 11.3 Å². The standard InChI is InChI=1S/C23H24F2N4O2/c1-14-8-21(31-29-14)19-12-26-13-28-23(19)16-4-2-15(3-5-16)11-27-22(30)10-17-9-18(24)6-7-20(17)25/h6-9,12-13,15-16H,2-5,10-11H2,1H3,(H,27,30). The Balaban J connectivity index is 1.31. The zero-order valence-electron chi connectivity index (χ0n) is 17.3. The smallest absolute Gasteiger partial charge is 0.224 e. The van der Waals surface area contributed by atoms with Crippen LogP contribution < -0.4 is 5.32 Å².